The smallest absolute Gasteiger partial charge is 0.196 e. The third-order valence-electron chi connectivity index (χ3n) is 4.08. The van der Waals surface area contributed by atoms with E-state index in [-0.39, 0.29) is 5.71 Å². The summed E-state index contributed by atoms with van der Waals surface area (Å²) in [5.74, 6) is 0.797. The molecule has 136 valence electrons. The van der Waals surface area contributed by atoms with Crippen LogP contribution in [0.2, 0.25) is 0 Å². The zero-order valence-electron chi connectivity index (χ0n) is 15.5. The Balaban J connectivity index is 1.77. The van der Waals surface area contributed by atoms with Gasteiger partial charge in [-0.2, -0.15) is 10.4 Å². The quantitative estimate of drug-likeness (QED) is 0.476. The lowest BCUT2D eigenvalue weighted by atomic mass is 10.1. The third-order valence-corrected chi connectivity index (χ3v) is 4.93. The molecule has 0 aliphatic carbocycles. The highest BCUT2D eigenvalue weighted by atomic mass is 32.1. The highest BCUT2D eigenvalue weighted by Gasteiger charge is 2.11. The first-order chi connectivity index (χ1) is 13.1. The normalized spacial score (nSPS) is 11.1. The van der Waals surface area contributed by atoms with Crippen LogP contribution in [0.3, 0.4) is 0 Å². The molecule has 1 N–H and O–H groups in total. The fourth-order valence-electron chi connectivity index (χ4n) is 2.45. The Labute approximate surface area is 163 Å². The molecule has 0 fully saturated rings. The van der Waals surface area contributed by atoms with Crippen molar-refractivity contribution in [2.45, 2.75) is 20.8 Å². The van der Waals surface area contributed by atoms with E-state index in [1.807, 2.05) is 42.6 Å². The second-order valence-electron chi connectivity index (χ2n) is 5.98. The lowest BCUT2D eigenvalue weighted by molar-refractivity contribution is 0.340. The number of anilines is 1. The molecule has 27 heavy (non-hydrogen) atoms. The number of nitrogens with zero attached hydrogens (tertiary/aromatic N) is 3. The second-order valence-corrected chi connectivity index (χ2v) is 6.84. The molecule has 0 amide bonds. The van der Waals surface area contributed by atoms with Crippen molar-refractivity contribution in [2.75, 3.05) is 12.0 Å². The van der Waals surface area contributed by atoms with Gasteiger partial charge in [-0.1, -0.05) is 12.1 Å². The first-order valence-corrected chi connectivity index (χ1v) is 9.49. The zero-order valence-corrected chi connectivity index (χ0v) is 16.3. The third kappa shape index (κ3) is 4.52. The molecular weight excluding hydrogens is 356 g/mol. The van der Waals surface area contributed by atoms with Crippen LogP contribution < -0.4 is 10.2 Å². The van der Waals surface area contributed by atoms with Crippen LogP contribution in [-0.2, 0) is 0 Å². The summed E-state index contributed by atoms with van der Waals surface area (Å²) < 4.78 is 5.41. The molecule has 0 bridgehead atoms. The summed E-state index contributed by atoms with van der Waals surface area (Å²) in [7, 11) is 0. The van der Waals surface area contributed by atoms with Gasteiger partial charge < -0.3 is 4.74 Å². The van der Waals surface area contributed by atoms with E-state index in [4.69, 9.17) is 4.74 Å². The molecule has 5 nitrogen and oxygen atoms in total. The van der Waals surface area contributed by atoms with Crippen molar-refractivity contribution in [1.82, 2.24) is 4.98 Å². The minimum atomic E-state index is 0.254. The molecule has 2 aromatic carbocycles. The molecule has 0 unspecified atom stereocenters. The van der Waals surface area contributed by atoms with Crippen LogP contribution in [0, 0.1) is 25.2 Å². The number of hydrogen-bond acceptors (Lipinski definition) is 6. The molecule has 3 aromatic rings. The zero-order chi connectivity index (χ0) is 19.2. The van der Waals surface area contributed by atoms with Crippen molar-refractivity contribution in [3.8, 4) is 23.1 Å². The van der Waals surface area contributed by atoms with Gasteiger partial charge in [-0.05, 0) is 62.2 Å². The Hall–Kier alpha value is -3.17. The maximum Gasteiger partial charge on any atom is 0.196 e. The summed E-state index contributed by atoms with van der Waals surface area (Å²) in [6.45, 7) is 6.72. The van der Waals surface area contributed by atoms with Gasteiger partial charge in [0.2, 0.25) is 0 Å². The van der Waals surface area contributed by atoms with Gasteiger partial charge in [0.25, 0.3) is 0 Å². The minimum absolute atomic E-state index is 0.254. The predicted molar refractivity (Wildman–Crippen MR) is 110 cm³/mol. The number of benzene rings is 2. The van der Waals surface area contributed by atoms with E-state index in [9.17, 15) is 5.26 Å². The van der Waals surface area contributed by atoms with Crippen molar-refractivity contribution < 1.29 is 4.74 Å². The van der Waals surface area contributed by atoms with Crippen LogP contribution in [0.5, 0.6) is 5.75 Å². The highest BCUT2D eigenvalue weighted by molar-refractivity contribution is 7.12. The molecule has 0 aliphatic rings. The van der Waals surface area contributed by atoms with Crippen LogP contribution in [-0.4, -0.2) is 17.3 Å². The molecule has 1 aromatic heterocycles. The van der Waals surface area contributed by atoms with Crippen molar-refractivity contribution in [2.24, 2.45) is 5.10 Å². The van der Waals surface area contributed by atoms with Gasteiger partial charge in [0, 0.05) is 10.9 Å². The van der Waals surface area contributed by atoms with E-state index in [1.54, 1.807) is 0 Å². The fraction of sp³-hybridized carbons (Fsp3) is 0.190. The second kappa shape index (κ2) is 8.47. The number of ether oxygens (including phenoxy) is 1. The molecule has 0 atom stereocenters. The molecular formula is C21H20N4OS. The summed E-state index contributed by atoms with van der Waals surface area (Å²) in [4.78, 5) is 4.58. The Morgan fingerprint density at radius 1 is 1.19 bits per heavy atom. The number of nitriles is 1. The van der Waals surface area contributed by atoms with Crippen molar-refractivity contribution >= 4 is 22.7 Å². The molecule has 1 heterocycles. The van der Waals surface area contributed by atoms with E-state index in [1.165, 1.54) is 22.5 Å². The van der Waals surface area contributed by atoms with Crippen LogP contribution in [0.25, 0.3) is 11.3 Å². The van der Waals surface area contributed by atoms with Crippen LogP contribution >= 0.6 is 11.3 Å². The summed E-state index contributed by atoms with van der Waals surface area (Å²) in [5, 5.41) is 16.2. The predicted octanol–water partition coefficient (Wildman–Crippen LogP) is 5.17. The minimum Gasteiger partial charge on any atom is -0.494 e. The Bertz CT molecular complexity index is 1000. The number of hydrazone groups is 1. The van der Waals surface area contributed by atoms with Crippen molar-refractivity contribution in [3.63, 3.8) is 0 Å². The van der Waals surface area contributed by atoms with Gasteiger partial charge in [0.05, 0.1) is 18.0 Å². The molecule has 6 heteroatoms. The summed E-state index contributed by atoms with van der Waals surface area (Å²) in [6.07, 6.45) is 0. The number of hydrogen-bond donors (Lipinski definition) is 1. The molecule has 0 aliphatic heterocycles. The van der Waals surface area contributed by atoms with Gasteiger partial charge in [0.15, 0.2) is 10.7 Å². The van der Waals surface area contributed by atoms with Crippen LogP contribution in [0.4, 0.5) is 5.69 Å². The monoisotopic (exact) mass is 376 g/mol. The van der Waals surface area contributed by atoms with Gasteiger partial charge in [-0.25, -0.2) is 4.98 Å². The van der Waals surface area contributed by atoms with E-state index >= 15 is 0 Å². The largest absolute Gasteiger partial charge is 0.494 e. The summed E-state index contributed by atoms with van der Waals surface area (Å²) in [6, 6.07) is 15.8. The van der Waals surface area contributed by atoms with Crippen LogP contribution in [0.1, 0.15) is 23.1 Å². The number of aromatic nitrogens is 1. The SMILES string of the molecule is CCOc1ccc(N/N=C(\C#N)c2nc(-c3ccc(C)c(C)c3)cs2)cc1. The van der Waals surface area contributed by atoms with E-state index in [2.05, 4.69) is 47.6 Å². The van der Waals surface area contributed by atoms with Crippen molar-refractivity contribution in [1.29, 1.82) is 5.26 Å². The number of rotatable bonds is 6. The Morgan fingerprint density at radius 3 is 2.63 bits per heavy atom. The molecule has 0 saturated carbocycles. The molecule has 0 saturated heterocycles. The molecule has 3 rings (SSSR count). The first-order valence-electron chi connectivity index (χ1n) is 8.61. The molecule has 0 spiro atoms. The average molecular weight is 376 g/mol. The van der Waals surface area contributed by atoms with Crippen LogP contribution in [0.15, 0.2) is 52.9 Å². The highest BCUT2D eigenvalue weighted by Crippen LogP contribution is 2.24. The van der Waals surface area contributed by atoms with Gasteiger partial charge in [-0.15, -0.1) is 11.3 Å². The lowest BCUT2D eigenvalue weighted by Crippen LogP contribution is -2.01. The van der Waals surface area contributed by atoms with Crippen molar-refractivity contribution in [3.05, 3.63) is 64.0 Å². The standard InChI is InChI=1S/C21H20N4OS/c1-4-26-18-9-7-17(8-10-18)24-25-19(12-22)21-23-20(13-27-21)16-6-5-14(2)15(3)11-16/h5-11,13,24H,4H2,1-3H3/b25-19+. The average Bonchev–Trinajstić information content (AvgIpc) is 3.16. The maximum atomic E-state index is 9.46. The van der Waals surface area contributed by atoms with E-state index < -0.39 is 0 Å². The molecule has 0 radical (unpaired) electrons. The maximum absolute atomic E-state index is 9.46. The van der Waals surface area contributed by atoms with Gasteiger partial charge >= 0.3 is 0 Å². The number of nitrogens with one attached hydrogen (secondary N) is 1. The van der Waals surface area contributed by atoms with E-state index in [0.717, 1.165) is 22.7 Å². The fourth-order valence-corrected chi connectivity index (χ4v) is 3.22. The van der Waals surface area contributed by atoms with Gasteiger partial charge in [-0.3, -0.25) is 5.43 Å². The van der Waals surface area contributed by atoms with Gasteiger partial charge in [0.1, 0.15) is 11.8 Å². The summed E-state index contributed by atoms with van der Waals surface area (Å²) >= 11 is 1.41. The topological polar surface area (TPSA) is 70.3 Å². The lowest BCUT2D eigenvalue weighted by Gasteiger charge is -2.04. The summed E-state index contributed by atoms with van der Waals surface area (Å²) in [5.41, 5.74) is 8.28. The Kier molecular flexibility index (Phi) is 5.84. The van der Waals surface area contributed by atoms with E-state index in [0.29, 0.717) is 11.6 Å². The number of thiazole rings is 1. The first kappa shape index (κ1) is 18.6. The Morgan fingerprint density at radius 2 is 1.96 bits per heavy atom. The number of aryl methyl sites for hydroxylation is 2.